The van der Waals surface area contributed by atoms with E-state index in [0.29, 0.717) is 5.92 Å². The van der Waals surface area contributed by atoms with Crippen molar-refractivity contribution in [3.8, 4) is 11.5 Å². The van der Waals surface area contributed by atoms with Crippen molar-refractivity contribution >= 4 is 0 Å². The highest BCUT2D eigenvalue weighted by atomic mass is 19.2. The Labute approximate surface area is 190 Å². The topological polar surface area (TPSA) is 18.5 Å². The van der Waals surface area contributed by atoms with Gasteiger partial charge < -0.3 is 9.47 Å². The molecule has 1 aliphatic rings. The van der Waals surface area contributed by atoms with Gasteiger partial charge in [-0.2, -0.15) is 8.78 Å². The van der Waals surface area contributed by atoms with Gasteiger partial charge in [-0.1, -0.05) is 56.9 Å². The molecule has 0 aliphatic heterocycles. The third-order valence-corrected chi connectivity index (χ3v) is 6.62. The van der Waals surface area contributed by atoms with E-state index < -0.39 is 17.8 Å². The number of methoxy groups -OCH3 is 1. The highest BCUT2D eigenvalue weighted by molar-refractivity contribution is 5.35. The first-order chi connectivity index (χ1) is 15.5. The average Bonchev–Trinajstić information content (AvgIpc) is 2.81. The molecule has 0 heterocycles. The third kappa shape index (κ3) is 6.66. The molecule has 32 heavy (non-hydrogen) atoms. The largest absolute Gasteiger partial charge is 0.494 e. The van der Waals surface area contributed by atoms with E-state index in [1.807, 2.05) is 12.1 Å². The first kappa shape index (κ1) is 24.5. The van der Waals surface area contributed by atoms with Crippen molar-refractivity contribution in [2.45, 2.75) is 76.8 Å². The first-order valence-electron chi connectivity index (χ1n) is 11.9. The summed E-state index contributed by atoms with van der Waals surface area (Å²) in [6.07, 6.45) is 9.29. The van der Waals surface area contributed by atoms with Crippen LogP contribution in [0.2, 0.25) is 0 Å². The van der Waals surface area contributed by atoms with Gasteiger partial charge in [0, 0.05) is 6.42 Å². The van der Waals surface area contributed by atoms with Crippen LogP contribution in [-0.2, 0) is 6.42 Å². The van der Waals surface area contributed by atoms with Gasteiger partial charge >= 0.3 is 0 Å². The van der Waals surface area contributed by atoms with Crippen LogP contribution in [0.5, 0.6) is 11.5 Å². The van der Waals surface area contributed by atoms with Crippen LogP contribution in [0.3, 0.4) is 0 Å². The van der Waals surface area contributed by atoms with Crippen LogP contribution < -0.4 is 9.47 Å². The summed E-state index contributed by atoms with van der Waals surface area (Å²) in [5.41, 5.74) is 2.21. The summed E-state index contributed by atoms with van der Waals surface area (Å²) >= 11 is 0. The monoisotopic (exact) mass is 448 g/mol. The Bertz CT molecular complexity index is 830. The molecule has 3 rings (SSSR count). The predicted molar refractivity (Wildman–Crippen MR) is 122 cm³/mol. The van der Waals surface area contributed by atoms with Crippen LogP contribution in [0.1, 0.15) is 75.3 Å². The molecule has 0 spiro atoms. The molecule has 1 atom stereocenters. The van der Waals surface area contributed by atoms with Crippen molar-refractivity contribution in [3.63, 3.8) is 0 Å². The Hall–Kier alpha value is -2.17. The number of hydrogen-bond acceptors (Lipinski definition) is 2. The molecule has 2 nitrogen and oxygen atoms in total. The number of benzene rings is 2. The lowest BCUT2D eigenvalue weighted by molar-refractivity contribution is 0.187. The van der Waals surface area contributed by atoms with Crippen LogP contribution >= 0.6 is 0 Å². The van der Waals surface area contributed by atoms with Gasteiger partial charge in [0.1, 0.15) is 12.8 Å². The number of hydrogen-bond donors (Lipinski definition) is 0. The number of halogens is 3. The molecule has 1 unspecified atom stereocenters. The minimum absolute atomic E-state index is 0.171. The van der Waals surface area contributed by atoms with Crippen LogP contribution in [0.4, 0.5) is 13.2 Å². The van der Waals surface area contributed by atoms with E-state index in [4.69, 9.17) is 9.47 Å². The maximum atomic E-state index is 14.4. The number of alkyl halides is 1. The average molecular weight is 449 g/mol. The van der Waals surface area contributed by atoms with Crippen LogP contribution in [0, 0.1) is 17.6 Å². The summed E-state index contributed by atoms with van der Waals surface area (Å²) < 4.78 is 52.0. The van der Waals surface area contributed by atoms with Crippen molar-refractivity contribution in [1.29, 1.82) is 0 Å². The van der Waals surface area contributed by atoms with Gasteiger partial charge in [0.2, 0.25) is 11.6 Å². The SMILES string of the molecule is CCCCCC1CCC(c2ccc(CC(F)COc3ccc(OC)c(F)c3F)cc2)CC1. The van der Waals surface area contributed by atoms with E-state index in [1.165, 1.54) is 76.2 Å². The highest BCUT2D eigenvalue weighted by Crippen LogP contribution is 2.38. The summed E-state index contributed by atoms with van der Waals surface area (Å²) in [6, 6.07) is 10.7. The van der Waals surface area contributed by atoms with E-state index in [1.54, 1.807) is 0 Å². The van der Waals surface area contributed by atoms with E-state index >= 15 is 0 Å². The summed E-state index contributed by atoms with van der Waals surface area (Å²) in [6.45, 7) is 1.91. The molecule has 0 radical (unpaired) electrons. The number of ether oxygens (including phenoxy) is 2. The number of unbranched alkanes of at least 4 members (excludes halogenated alkanes) is 2. The fourth-order valence-electron chi connectivity index (χ4n) is 4.67. The third-order valence-electron chi connectivity index (χ3n) is 6.62. The molecular weight excluding hydrogens is 413 g/mol. The lowest BCUT2D eigenvalue weighted by atomic mass is 9.77. The zero-order valence-electron chi connectivity index (χ0n) is 19.2. The summed E-state index contributed by atoms with van der Waals surface area (Å²) in [4.78, 5) is 0. The van der Waals surface area contributed by atoms with Crippen LogP contribution in [-0.4, -0.2) is 19.9 Å². The normalized spacial score (nSPS) is 19.5. The Morgan fingerprint density at radius 2 is 1.56 bits per heavy atom. The Morgan fingerprint density at radius 3 is 2.22 bits per heavy atom. The maximum absolute atomic E-state index is 14.4. The molecule has 1 aliphatic carbocycles. The van der Waals surface area contributed by atoms with Gasteiger partial charge in [0.25, 0.3) is 0 Å². The van der Waals surface area contributed by atoms with Crippen LogP contribution in [0.25, 0.3) is 0 Å². The van der Waals surface area contributed by atoms with E-state index in [2.05, 4.69) is 19.1 Å². The van der Waals surface area contributed by atoms with E-state index in [9.17, 15) is 13.2 Å². The Kier molecular flexibility index (Phi) is 9.31. The molecule has 1 fully saturated rings. The van der Waals surface area contributed by atoms with Gasteiger partial charge in [0.05, 0.1) is 7.11 Å². The lowest BCUT2D eigenvalue weighted by Crippen LogP contribution is -2.17. The molecule has 5 heteroatoms. The zero-order chi connectivity index (χ0) is 22.9. The molecule has 0 amide bonds. The van der Waals surface area contributed by atoms with Crippen molar-refractivity contribution in [1.82, 2.24) is 0 Å². The minimum atomic E-state index is -1.32. The fraction of sp³-hybridized carbons (Fsp3) is 0.556. The van der Waals surface area contributed by atoms with Crippen molar-refractivity contribution < 1.29 is 22.6 Å². The Balaban J connectivity index is 1.45. The standard InChI is InChI=1S/C27H35F3O2/c1-3-4-5-6-19-7-11-21(12-8-19)22-13-9-20(10-14-22)17-23(28)18-32-25-16-15-24(31-2)26(29)27(25)30/h9-10,13-16,19,21,23H,3-8,11-12,17-18H2,1-2H3. The maximum Gasteiger partial charge on any atom is 0.204 e. The predicted octanol–water partition coefficient (Wildman–Crippen LogP) is 7.79. The van der Waals surface area contributed by atoms with Gasteiger partial charge in [-0.25, -0.2) is 4.39 Å². The highest BCUT2D eigenvalue weighted by Gasteiger charge is 2.22. The van der Waals surface area contributed by atoms with Gasteiger partial charge in [-0.05, 0) is 60.8 Å². The molecule has 0 aromatic heterocycles. The molecule has 0 saturated heterocycles. The molecule has 2 aromatic carbocycles. The summed E-state index contributed by atoms with van der Waals surface area (Å²) in [5, 5.41) is 0. The zero-order valence-corrected chi connectivity index (χ0v) is 19.2. The second-order valence-corrected chi connectivity index (χ2v) is 8.96. The second-order valence-electron chi connectivity index (χ2n) is 8.96. The van der Waals surface area contributed by atoms with Gasteiger partial charge in [-0.3, -0.25) is 0 Å². The van der Waals surface area contributed by atoms with Crippen molar-refractivity contribution in [2.75, 3.05) is 13.7 Å². The van der Waals surface area contributed by atoms with Crippen LogP contribution in [0.15, 0.2) is 36.4 Å². The second kappa shape index (κ2) is 12.2. The Morgan fingerprint density at radius 1 is 0.906 bits per heavy atom. The van der Waals surface area contributed by atoms with E-state index in [0.717, 1.165) is 11.5 Å². The molecular formula is C27H35F3O2. The van der Waals surface area contributed by atoms with E-state index in [-0.39, 0.29) is 24.5 Å². The smallest absolute Gasteiger partial charge is 0.204 e. The summed E-state index contributed by atoms with van der Waals surface area (Å²) in [5.74, 6) is -1.34. The summed E-state index contributed by atoms with van der Waals surface area (Å²) in [7, 11) is 1.25. The fourth-order valence-corrected chi connectivity index (χ4v) is 4.67. The molecule has 176 valence electrons. The van der Waals surface area contributed by atoms with Crippen molar-refractivity contribution in [2.24, 2.45) is 5.92 Å². The van der Waals surface area contributed by atoms with Gasteiger partial charge in [-0.15, -0.1) is 0 Å². The molecule has 0 N–H and O–H groups in total. The molecule has 2 aromatic rings. The first-order valence-corrected chi connectivity index (χ1v) is 11.9. The van der Waals surface area contributed by atoms with Crippen molar-refractivity contribution in [3.05, 3.63) is 59.2 Å². The number of rotatable bonds is 11. The molecule has 1 saturated carbocycles. The lowest BCUT2D eigenvalue weighted by Gasteiger charge is -2.29. The quantitative estimate of drug-likeness (QED) is 0.327. The molecule has 0 bridgehead atoms. The van der Waals surface area contributed by atoms with Gasteiger partial charge in [0.15, 0.2) is 11.5 Å². The minimum Gasteiger partial charge on any atom is -0.494 e.